The van der Waals surface area contributed by atoms with Crippen molar-refractivity contribution in [3.05, 3.63) is 29.8 Å². The average molecular weight is 179 g/mol. The topological polar surface area (TPSA) is 23.5 Å². The van der Waals surface area contributed by atoms with Gasteiger partial charge in [-0.25, -0.2) is 0 Å². The van der Waals surface area contributed by atoms with Gasteiger partial charge in [0.25, 0.3) is 0 Å². The van der Waals surface area contributed by atoms with E-state index in [0.29, 0.717) is 0 Å². The summed E-state index contributed by atoms with van der Waals surface area (Å²) in [5, 5.41) is 9.78. The lowest BCUT2D eigenvalue weighted by Crippen LogP contribution is -2.16. The first-order valence-electron chi connectivity index (χ1n) is 4.41. The summed E-state index contributed by atoms with van der Waals surface area (Å²) in [5.41, 5.74) is 1.30. The third kappa shape index (κ3) is 2.46. The molecule has 1 aromatic carbocycles. The number of hydrogen-bond acceptors (Lipinski definition) is 2. The van der Waals surface area contributed by atoms with Crippen molar-refractivity contribution in [2.75, 3.05) is 19.0 Å². The minimum Gasteiger partial charge on any atom is -0.386 e. The van der Waals surface area contributed by atoms with E-state index in [-0.39, 0.29) is 0 Å². The van der Waals surface area contributed by atoms with Crippen molar-refractivity contribution < 1.29 is 5.11 Å². The van der Waals surface area contributed by atoms with Crippen molar-refractivity contribution in [3.63, 3.8) is 0 Å². The molecule has 1 rings (SSSR count). The summed E-state index contributed by atoms with van der Waals surface area (Å²) in [7, 11) is 3.98. The average Bonchev–Trinajstić information content (AvgIpc) is 2.03. The summed E-state index contributed by atoms with van der Waals surface area (Å²) in [5.74, 6) is 0. The second-order valence-corrected chi connectivity index (χ2v) is 4.00. The molecule has 2 heteroatoms. The molecule has 0 unspecified atom stereocenters. The molecule has 13 heavy (non-hydrogen) atoms. The van der Waals surface area contributed by atoms with Crippen LogP contribution in [0, 0.1) is 0 Å². The van der Waals surface area contributed by atoms with Gasteiger partial charge in [0.1, 0.15) is 0 Å². The van der Waals surface area contributed by atoms with Crippen molar-refractivity contribution in [1.29, 1.82) is 0 Å². The zero-order valence-corrected chi connectivity index (χ0v) is 8.70. The molecular weight excluding hydrogens is 162 g/mol. The summed E-state index contributed by atoms with van der Waals surface area (Å²) in [6.45, 7) is 3.59. The molecule has 0 fully saturated rings. The van der Waals surface area contributed by atoms with Crippen LogP contribution in [-0.4, -0.2) is 19.2 Å². The molecule has 1 aromatic rings. The maximum Gasteiger partial charge on any atom is 0.0841 e. The summed E-state index contributed by atoms with van der Waals surface area (Å²) < 4.78 is 0. The highest BCUT2D eigenvalue weighted by Crippen LogP contribution is 2.23. The Labute approximate surface area is 79.8 Å². The Morgan fingerprint density at radius 1 is 1.23 bits per heavy atom. The maximum atomic E-state index is 9.78. The van der Waals surface area contributed by atoms with Gasteiger partial charge in [0.05, 0.1) is 5.60 Å². The van der Waals surface area contributed by atoms with Crippen molar-refractivity contribution in [2.24, 2.45) is 0 Å². The van der Waals surface area contributed by atoms with E-state index in [9.17, 15) is 5.11 Å². The van der Waals surface area contributed by atoms with Gasteiger partial charge in [0.15, 0.2) is 0 Å². The fourth-order valence-electron chi connectivity index (χ4n) is 1.16. The number of rotatable bonds is 2. The largest absolute Gasteiger partial charge is 0.386 e. The van der Waals surface area contributed by atoms with Gasteiger partial charge in [0, 0.05) is 19.8 Å². The van der Waals surface area contributed by atoms with Gasteiger partial charge >= 0.3 is 0 Å². The lowest BCUT2D eigenvalue weighted by atomic mass is 9.98. The Morgan fingerprint density at radius 3 is 2.31 bits per heavy atom. The van der Waals surface area contributed by atoms with Gasteiger partial charge < -0.3 is 10.0 Å². The molecule has 0 radical (unpaired) electrons. The van der Waals surface area contributed by atoms with Crippen LogP contribution in [0.4, 0.5) is 5.69 Å². The van der Waals surface area contributed by atoms with E-state index in [1.807, 2.05) is 43.3 Å². The third-order valence-electron chi connectivity index (χ3n) is 2.07. The van der Waals surface area contributed by atoms with Crippen LogP contribution in [-0.2, 0) is 5.60 Å². The molecule has 0 aromatic heterocycles. The first-order chi connectivity index (χ1) is 5.91. The zero-order valence-electron chi connectivity index (χ0n) is 8.70. The molecule has 0 amide bonds. The van der Waals surface area contributed by atoms with E-state index >= 15 is 0 Å². The molecular formula is C11H17NO. The highest BCUT2D eigenvalue weighted by atomic mass is 16.3. The molecule has 0 aliphatic rings. The second-order valence-electron chi connectivity index (χ2n) is 4.00. The first kappa shape index (κ1) is 10.1. The number of anilines is 1. The van der Waals surface area contributed by atoms with E-state index in [1.54, 1.807) is 13.8 Å². The van der Waals surface area contributed by atoms with Crippen LogP contribution >= 0.6 is 0 Å². The minimum absolute atomic E-state index is 0.758. The highest BCUT2D eigenvalue weighted by molar-refractivity contribution is 5.48. The van der Waals surface area contributed by atoms with Gasteiger partial charge in [0.2, 0.25) is 0 Å². The molecule has 0 bridgehead atoms. The minimum atomic E-state index is -0.758. The van der Waals surface area contributed by atoms with E-state index in [0.717, 1.165) is 11.3 Å². The van der Waals surface area contributed by atoms with E-state index in [1.165, 1.54) is 0 Å². The summed E-state index contributed by atoms with van der Waals surface area (Å²) >= 11 is 0. The highest BCUT2D eigenvalue weighted by Gasteiger charge is 2.15. The Balaban J connectivity index is 3.06. The fourth-order valence-corrected chi connectivity index (χ4v) is 1.16. The Bertz CT molecular complexity index is 286. The van der Waals surface area contributed by atoms with Crippen LogP contribution in [0.25, 0.3) is 0 Å². The molecule has 0 aliphatic carbocycles. The first-order valence-corrected chi connectivity index (χ1v) is 4.41. The van der Waals surface area contributed by atoms with Crippen molar-refractivity contribution in [2.45, 2.75) is 19.4 Å². The molecule has 0 saturated carbocycles. The Hall–Kier alpha value is -1.02. The summed E-state index contributed by atoms with van der Waals surface area (Å²) in [6.07, 6.45) is 0. The molecule has 0 saturated heterocycles. The van der Waals surface area contributed by atoms with Crippen LogP contribution in [0.1, 0.15) is 19.4 Å². The van der Waals surface area contributed by atoms with Crippen LogP contribution in [0.15, 0.2) is 24.3 Å². The molecule has 0 spiro atoms. The smallest absolute Gasteiger partial charge is 0.0841 e. The maximum absolute atomic E-state index is 9.78. The predicted octanol–water partition coefficient (Wildman–Crippen LogP) is 1.98. The summed E-state index contributed by atoms with van der Waals surface area (Å²) in [6, 6.07) is 7.92. The quantitative estimate of drug-likeness (QED) is 0.750. The van der Waals surface area contributed by atoms with E-state index in [2.05, 4.69) is 0 Å². The molecule has 1 N–H and O–H groups in total. The van der Waals surface area contributed by atoms with Crippen molar-refractivity contribution in [3.8, 4) is 0 Å². The van der Waals surface area contributed by atoms with Gasteiger partial charge in [-0.15, -0.1) is 0 Å². The number of nitrogens with zero attached hydrogens (tertiary/aromatic N) is 1. The third-order valence-corrected chi connectivity index (χ3v) is 2.07. The number of hydrogen-bond donors (Lipinski definition) is 1. The SMILES string of the molecule is CN(C)c1cccc(C(C)(C)O)c1. The molecule has 0 aliphatic heterocycles. The van der Waals surface area contributed by atoms with Gasteiger partial charge in [-0.05, 0) is 31.5 Å². The standard InChI is InChI=1S/C11H17NO/c1-11(2,13)9-6-5-7-10(8-9)12(3)4/h5-8,13H,1-4H3. The monoisotopic (exact) mass is 179 g/mol. The predicted molar refractivity (Wildman–Crippen MR) is 56.0 cm³/mol. The van der Waals surface area contributed by atoms with Crippen LogP contribution in [0.2, 0.25) is 0 Å². The van der Waals surface area contributed by atoms with Gasteiger partial charge in [-0.3, -0.25) is 0 Å². The molecule has 72 valence electrons. The number of aliphatic hydroxyl groups is 1. The lowest BCUT2D eigenvalue weighted by molar-refractivity contribution is 0.0786. The normalized spacial score (nSPS) is 11.5. The fraction of sp³-hybridized carbons (Fsp3) is 0.455. The molecule has 2 nitrogen and oxygen atoms in total. The summed E-state index contributed by atoms with van der Waals surface area (Å²) in [4.78, 5) is 2.02. The second kappa shape index (κ2) is 3.38. The van der Waals surface area contributed by atoms with Gasteiger partial charge in [-0.1, -0.05) is 12.1 Å². The lowest BCUT2D eigenvalue weighted by Gasteiger charge is -2.20. The molecule has 0 heterocycles. The Morgan fingerprint density at radius 2 is 1.85 bits per heavy atom. The van der Waals surface area contributed by atoms with Crippen LogP contribution < -0.4 is 4.90 Å². The van der Waals surface area contributed by atoms with Gasteiger partial charge in [-0.2, -0.15) is 0 Å². The van der Waals surface area contributed by atoms with Crippen molar-refractivity contribution >= 4 is 5.69 Å². The van der Waals surface area contributed by atoms with Crippen molar-refractivity contribution in [1.82, 2.24) is 0 Å². The van der Waals surface area contributed by atoms with E-state index < -0.39 is 5.60 Å². The van der Waals surface area contributed by atoms with Crippen LogP contribution in [0.3, 0.4) is 0 Å². The number of benzene rings is 1. The molecule has 0 atom stereocenters. The van der Waals surface area contributed by atoms with Crippen LogP contribution in [0.5, 0.6) is 0 Å². The van der Waals surface area contributed by atoms with E-state index in [4.69, 9.17) is 0 Å². The zero-order chi connectivity index (χ0) is 10.1. The Kier molecular flexibility index (Phi) is 2.62.